The maximum absolute atomic E-state index is 13.7. The van der Waals surface area contributed by atoms with E-state index in [-0.39, 0.29) is 16.9 Å². The Balaban J connectivity index is 2.34. The highest BCUT2D eigenvalue weighted by molar-refractivity contribution is 5.88. The molecule has 0 aliphatic rings. The number of anilines is 2. The van der Waals surface area contributed by atoms with Crippen LogP contribution in [0.2, 0.25) is 0 Å². The van der Waals surface area contributed by atoms with E-state index >= 15 is 0 Å². The van der Waals surface area contributed by atoms with Crippen LogP contribution < -0.4 is 5.32 Å². The molecule has 0 bridgehead atoms. The summed E-state index contributed by atoms with van der Waals surface area (Å²) < 4.78 is 26.9. The van der Waals surface area contributed by atoms with E-state index in [1.165, 1.54) is 0 Å². The molecule has 0 radical (unpaired) electrons. The lowest BCUT2D eigenvalue weighted by molar-refractivity contribution is -0.385. The number of carboxylic acid groups (broad SMARTS) is 1. The molecule has 2 aromatic carbocycles. The highest BCUT2D eigenvalue weighted by atomic mass is 19.1. The number of non-ortho nitro benzene ring substituents is 1. The summed E-state index contributed by atoms with van der Waals surface area (Å²) in [6.07, 6.45) is 0. The molecule has 0 aromatic heterocycles. The Kier molecular flexibility index (Phi) is 3.79. The second-order valence-electron chi connectivity index (χ2n) is 4.08. The number of halogens is 2. The van der Waals surface area contributed by atoms with Crippen LogP contribution in [0.3, 0.4) is 0 Å². The fourth-order valence-corrected chi connectivity index (χ4v) is 1.66. The van der Waals surface area contributed by atoms with Gasteiger partial charge in [0.15, 0.2) is 0 Å². The zero-order chi connectivity index (χ0) is 15.6. The SMILES string of the molecule is O=C(O)c1ccc(Nc2cc(F)cc([N+](=O)[O-])c2)c(F)c1. The van der Waals surface area contributed by atoms with E-state index in [1.54, 1.807) is 0 Å². The van der Waals surface area contributed by atoms with Crippen molar-refractivity contribution >= 4 is 23.0 Å². The smallest absolute Gasteiger partial charge is 0.335 e. The molecular formula is C13H8F2N2O4. The Morgan fingerprint density at radius 2 is 1.90 bits per heavy atom. The molecule has 0 spiro atoms. The summed E-state index contributed by atoms with van der Waals surface area (Å²) in [6, 6.07) is 5.82. The molecule has 0 unspecified atom stereocenters. The standard InChI is InChI=1S/C13H8F2N2O4/c14-8-4-9(6-10(5-8)17(20)21)16-12-2-1-7(13(18)19)3-11(12)15/h1-6,16H,(H,18,19). The predicted octanol–water partition coefficient (Wildman–Crippen LogP) is 3.31. The number of rotatable bonds is 4. The molecule has 2 N–H and O–H groups in total. The molecule has 0 aliphatic carbocycles. The van der Waals surface area contributed by atoms with Gasteiger partial charge in [0.2, 0.25) is 0 Å². The third-order valence-electron chi connectivity index (χ3n) is 2.59. The zero-order valence-corrected chi connectivity index (χ0v) is 10.3. The first-order chi connectivity index (χ1) is 9.86. The number of aromatic carboxylic acids is 1. The zero-order valence-electron chi connectivity index (χ0n) is 10.3. The van der Waals surface area contributed by atoms with Crippen molar-refractivity contribution in [3.63, 3.8) is 0 Å². The number of carboxylic acids is 1. The molecule has 0 heterocycles. The summed E-state index contributed by atoms with van der Waals surface area (Å²) in [4.78, 5) is 20.5. The van der Waals surface area contributed by atoms with E-state index in [4.69, 9.17) is 5.11 Å². The molecule has 108 valence electrons. The van der Waals surface area contributed by atoms with Gasteiger partial charge in [0.1, 0.15) is 11.6 Å². The minimum Gasteiger partial charge on any atom is -0.478 e. The van der Waals surface area contributed by atoms with Gasteiger partial charge in [0, 0.05) is 11.8 Å². The summed E-state index contributed by atoms with van der Waals surface area (Å²) in [6.45, 7) is 0. The maximum Gasteiger partial charge on any atom is 0.335 e. The van der Waals surface area contributed by atoms with E-state index in [1.807, 2.05) is 0 Å². The first-order valence-electron chi connectivity index (χ1n) is 5.61. The van der Waals surface area contributed by atoms with Crippen LogP contribution in [-0.4, -0.2) is 16.0 Å². The third kappa shape index (κ3) is 3.30. The monoisotopic (exact) mass is 294 g/mol. The summed E-state index contributed by atoms with van der Waals surface area (Å²) in [7, 11) is 0. The Morgan fingerprint density at radius 1 is 1.19 bits per heavy atom. The van der Waals surface area contributed by atoms with Crippen molar-refractivity contribution < 1.29 is 23.6 Å². The lowest BCUT2D eigenvalue weighted by Crippen LogP contribution is -2.00. The quantitative estimate of drug-likeness (QED) is 0.666. The summed E-state index contributed by atoms with van der Waals surface area (Å²) in [5.41, 5.74) is -0.882. The molecule has 2 rings (SSSR count). The molecular weight excluding hydrogens is 286 g/mol. The lowest BCUT2D eigenvalue weighted by atomic mass is 10.2. The highest BCUT2D eigenvalue weighted by Crippen LogP contribution is 2.25. The van der Waals surface area contributed by atoms with E-state index in [9.17, 15) is 23.7 Å². The van der Waals surface area contributed by atoms with E-state index < -0.39 is 28.2 Å². The van der Waals surface area contributed by atoms with E-state index in [2.05, 4.69) is 5.32 Å². The Hall–Kier alpha value is -3.03. The average Bonchev–Trinajstić information content (AvgIpc) is 2.40. The molecule has 21 heavy (non-hydrogen) atoms. The van der Waals surface area contributed by atoms with Gasteiger partial charge in [-0.05, 0) is 24.3 Å². The van der Waals surface area contributed by atoms with Crippen LogP contribution in [0.25, 0.3) is 0 Å². The van der Waals surface area contributed by atoms with Gasteiger partial charge < -0.3 is 10.4 Å². The van der Waals surface area contributed by atoms with Gasteiger partial charge >= 0.3 is 5.97 Å². The van der Waals surface area contributed by atoms with Crippen molar-refractivity contribution in [2.75, 3.05) is 5.32 Å². The van der Waals surface area contributed by atoms with Crippen LogP contribution in [0.5, 0.6) is 0 Å². The second kappa shape index (κ2) is 5.53. The van der Waals surface area contributed by atoms with E-state index in [0.717, 1.165) is 36.4 Å². The van der Waals surface area contributed by atoms with Crippen molar-refractivity contribution in [1.29, 1.82) is 0 Å². The molecule has 0 amide bonds. The van der Waals surface area contributed by atoms with Gasteiger partial charge in [-0.3, -0.25) is 10.1 Å². The summed E-state index contributed by atoms with van der Waals surface area (Å²) in [5.74, 6) is -3.02. The number of nitro groups is 1. The molecule has 8 heteroatoms. The molecule has 6 nitrogen and oxygen atoms in total. The molecule has 0 atom stereocenters. The number of carbonyl (C=O) groups is 1. The first-order valence-corrected chi connectivity index (χ1v) is 5.61. The maximum atomic E-state index is 13.7. The molecule has 0 fully saturated rings. The van der Waals surface area contributed by atoms with Crippen molar-refractivity contribution in [2.24, 2.45) is 0 Å². The largest absolute Gasteiger partial charge is 0.478 e. The van der Waals surface area contributed by atoms with Gasteiger partial charge in [0.05, 0.1) is 22.2 Å². The van der Waals surface area contributed by atoms with Crippen LogP contribution in [0.1, 0.15) is 10.4 Å². The third-order valence-corrected chi connectivity index (χ3v) is 2.59. The van der Waals surface area contributed by atoms with Crippen LogP contribution in [0.4, 0.5) is 25.8 Å². The predicted molar refractivity (Wildman–Crippen MR) is 69.7 cm³/mol. The fraction of sp³-hybridized carbons (Fsp3) is 0. The normalized spacial score (nSPS) is 10.2. The first kappa shape index (κ1) is 14.4. The Labute approximate surface area is 116 Å². The van der Waals surface area contributed by atoms with Crippen molar-refractivity contribution in [3.05, 3.63) is 63.7 Å². The van der Waals surface area contributed by atoms with Crippen molar-refractivity contribution in [2.45, 2.75) is 0 Å². The number of nitro benzene ring substituents is 1. The highest BCUT2D eigenvalue weighted by Gasteiger charge is 2.12. The van der Waals surface area contributed by atoms with Crippen molar-refractivity contribution in [1.82, 2.24) is 0 Å². The minimum absolute atomic E-state index is 0.0244. The molecule has 0 saturated carbocycles. The Bertz CT molecular complexity index is 734. The van der Waals surface area contributed by atoms with Gasteiger partial charge in [-0.25, -0.2) is 13.6 Å². The molecule has 0 aliphatic heterocycles. The van der Waals surface area contributed by atoms with Gasteiger partial charge in [-0.1, -0.05) is 0 Å². The molecule has 0 saturated heterocycles. The average molecular weight is 294 g/mol. The molecule has 2 aromatic rings. The van der Waals surface area contributed by atoms with Crippen LogP contribution in [0, 0.1) is 21.7 Å². The summed E-state index contributed by atoms with van der Waals surface area (Å²) in [5, 5.41) is 21.8. The van der Waals surface area contributed by atoms with Crippen LogP contribution >= 0.6 is 0 Å². The number of benzene rings is 2. The fourth-order valence-electron chi connectivity index (χ4n) is 1.66. The van der Waals surface area contributed by atoms with E-state index in [0.29, 0.717) is 0 Å². The number of hydrogen-bond donors (Lipinski definition) is 2. The number of hydrogen-bond acceptors (Lipinski definition) is 4. The van der Waals surface area contributed by atoms with Crippen LogP contribution in [0.15, 0.2) is 36.4 Å². The van der Waals surface area contributed by atoms with Gasteiger partial charge in [-0.15, -0.1) is 0 Å². The van der Waals surface area contributed by atoms with Crippen molar-refractivity contribution in [3.8, 4) is 0 Å². The topological polar surface area (TPSA) is 92.5 Å². The van der Waals surface area contributed by atoms with Gasteiger partial charge in [-0.2, -0.15) is 0 Å². The number of nitrogens with one attached hydrogen (secondary N) is 1. The van der Waals surface area contributed by atoms with Gasteiger partial charge in [0.25, 0.3) is 5.69 Å². The lowest BCUT2D eigenvalue weighted by Gasteiger charge is -2.08. The second-order valence-corrected chi connectivity index (χ2v) is 4.08. The number of nitrogens with zero attached hydrogens (tertiary/aromatic N) is 1. The Morgan fingerprint density at radius 3 is 2.48 bits per heavy atom. The summed E-state index contributed by atoms with van der Waals surface area (Å²) >= 11 is 0. The minimum atomic E-state index is -1.29. The van der Waals surface area contributed by atoms with Crippen LogP contribution in [-0.2, 0) is 0 Å².